The second-order valence-electron chi connectivity index (χ2n) is 10.8. The Morgan fingerprint density at radius 1 is 0.900 bits per heavy atom. The summed E-state index contributed by atoms with van der Waals surface area (Å²) in [7, 11) is 0. The van der Waals surface area contributed by atoms with Gasteiger partial charge in [-0.15, -0.1) is 0 Å². The first kappa shape index (κ1) is 26.4. The number of nitrogens with zero attached hydrogens (tertiary/aromatic N) is 2. The van der Waals surface area contributed by atoms with Crippen LogP contribution < -0.4 is 10.2 Å². The van der Waals surface area contributed by atoms with Gasteiger partial charge in [0.05, 0.1) is 17.2 Å². The van der Waals surface area contributed by atoms with E-state index in [2.05, 4.69) is 5.32 Å². The molecule has 40 heavy (non-hydrogen) atoms. The molecule has 0 aliphatic carbocycles. The zero-order valence-electron chi connectivity index (χ0n) is 21.6. The van der Waals surface area contributed by atoms with Crippen LogP contribution in [0.3, 0.4) is 0 Å². The molecular weight excluding hydrogens is 526 g/mol. The number of anilines is 1. The monoisotopic (exact) mass is 553 g/mol. The maximum atomic E-state index is 14.7. The number of piperidine rings is 2. The lowest BCUT2D eigenvalue weighted by atomic mass is 9.94. The fourth-order valence-electron chi connectivity index (χ4n) is 6.15. The SMILES string of the molecule is O=C1CCC(N2C(=O)c3cc(F)cc4c(Cc5ccc(CN6CCC(C(F)(F)F)CC6)cc5)ccc2c34)C(=O)N1. The molecule has 3 amide bonds. The number of carbonyl (C=O) groups excluding carboxylic acids is 3. The van der Waals surface area contributed by atoms with Crippen molar-refractivity contribution in [2.45, 2.75) is 50.9 Å². The molecule has 6 nitrogen and oxygen atoms in total. The maximum Gasteiger partial charge on any atom is 0.391 e. The summed E-state index contributed by atoms with van der Waals surface area (Å²) in [4.78, 5) is 40.9. The van der Waals surface area contributed by atoms with Crippen LogP contribution >= 0.6 is 0 Å². The van der Waals surface area contributed by atoms with Gasteiger partial charge >= 0.3 is 6.18 Å². The summed E-state index contributed by atoms with van der Waals surface area (Å²) >= 11 is 0. The number of hydrogen-bond donors (Lipinski definition) is 1. The smallest absolute Gasteiger partial charge is 0.299 e. The van der Waals surface area contributed by atoms with Crippen molar-refractivity contribution in [2.24, 2.45) is 5.92 Å². The quantitative estimate of drug-likeness (QED) is 0.352. The van der Waals surface area contributed by atoms with Crippen molar-refractivity contribution in [1.82, 2.24) is 10.2 Å². The Morgan fingerprint density at radius 3 is 2.27 bits per heavy atom. The van der Waals surface area contributed by atoms with Crippen molar-refractivity contribution in [3.05, 3.63) is 76.6 Å². The van der Waals surface area contributed by atoms with Gasteiger partial charge in [-0.1, -0.05) is 30.3 Å². The van der Waals surface area contributed by atoms with Gasteiger partial charge in [0.1, 0.15) is 11.9 Å². The average Bonchev–Trinajstić information content (AvgIpc) is 3.18. The minimum Gasteiger partial charge on any atom is -0.299 e. The van der Waals surface area contributed by atoms with E-state index >= 15 is 0 Å². The van der Waals surface area contributed by atoms with E-state index in [1.165, 1.54) is 17.0 Å². The predicted molar refractivity (Wildman–Crippen MR) is 140 cm³/mol. The molecule has 3 aromatic rings. The van der Waals surface area contributed by atoms with Gasteiger partial charge in [0, 0.05) is 18.4 Å². The summed E-state index contributed by atoms with van der Waals surface area (Å²) < 4.78 is 53.6. The number of rotatable bonds is 5. The van der Waals surface area contributed by atoms with E-state index in [9.17, 15) is 31.9 Å². The summed E-state index contributed by atoms with van der Waals surface area (Å²) in [5.74, 6) is -3.16. The number of benzene rings is 3. The summed E-state index contributed by atoms with van der Waals surface area (Å²) in [5, 5.41) is 3.47. The topological polar surface area (TPSA) is 69.7 Å². The lowest BCUT2D eigenvalue weighted by molar-refractivity contribution is -0.185. The van der Waals surface area contributed by atoms with E-state index in [0.717, 1.165) is 16.7 Å². The Kier molecular flexibility index (Phi) is 6.60. The van der Waals surface area contributed by atoms with Crippen LogP contribution in [0.1, 0.15) is 52.7 Å². The van der Waals surface area contributed by atoms with E-state index in [4.69, 9.17) is 0 Å². The molecule has 2 fully saturated rings. The summed E-state index contributed by atoms with van der Waals surface area (Å²) in [5.41, 5.74) is 3.51. The maximum absolute atomic E-state index is 14.7. The number of carbonyl (C=O) groups is 3. The van der Waals surface area contributed by atoms with Gasteiger partial charge in [0.25, 0.3) is 5.91 Å². The second-order valence-corrected chi connectivity index (χ2v) is 10.8. The Bertz CT molecular complexity index is 1510. The fourth-order valence-corrected chi connectivity index (χ4v) is 6.15. The van der Waals surface area contributed by atoms with E-state index < -0.39 is 35.8 Å². The van der Waals surface area contributed by atoms with Crippen molar-refractivity contribution in [3.63, 3.8) is 0 Å². The molecule has 1 atom stereocenters. The molecule has 10 heteroatoms. The van der Waals surface area contributed by atoms with Crippen LogP contribution in [-0.4, -0.2) is 47.9 Å². The highest BCUT2D eigenvalue weighted by atomic mass is 19.4. The van der Waals surface area contributed by atoms with Crippen LogP contribution in [0, 0.1) is 11.7 Å². The van der Waals surface area contributed by atoms with Crippen LogP contribution in [0.4, 0.5) is 23.2 Å². The molecule has 0 aromatic heterocycles. The van der Waals surface area contributed by atoms with Gasteiger partial charge < -0.3 is 0 Å². The second kappa shape index (κ2) is 9.99. The minimum absolute atomic E-state index is 0.118. The molecule has 0 saturated carbocycles. The normalized spacial score (nSPS) is 20.4. The van der Waals surface area contributed by atoms with Crippen molar-refractivity contribution >= 4 is 34.2 Å². The van der Waals surface area contributed by atoms with Crippen LogP contribution in [0.25, 0.3) is 10.8 Å². The highest BCUT2D eigenvalue weighted by Crippen LogP contribution is 2.42. The number of nitrogens with one attached hydrogen (secondary N) is 1. The van der Waals surface area contributed by atoms with Crippen LogP contribution in [-0.2, 0) is 22.6 Å². The van der Waals surface area contributed by atoms with Crippen LogP contribution in [0.5, 0.6) is 0 Å². The Balaban J connectivity index is 1.21. The number of alkyl halides is 3. The highest BCUT2D eigenvalue weighted by molar-refractivity contribution is 6.27. The number of halogens is 4. The summed E-state index contributed by atoms with van der Waals surface area (Å²) in [6.45, 7) is 1.40. The van der Waals surface area contributed by atoms with E-state index in [-0.39, 0.29) is 37.2 Å². The lowest BCUT2D eigenvalue weighted by Gasteiger charge is -2.32. The largest absolute Gasteiger partial charge is 0.391 e. The predicted octanol–water partition coefficient (Wildman–Crippen LogP) is 5.11. The standard InChI is InChI=1S/C30H27F4N3O3/c31-21-14-22-19(13-17-1-3-18(4-2-17)16-36-11-9-20(10-12-36)30(32,33)34)5-6-24-27(22)23(15-21)29(40)37(24)25-7-8-26(38)35-28(25)39/h1-6,14-15,20,25H,7-13,16H2,(H,35,38,39). The molecule has 1 N–H and O–H groups in total. The Morgan fingerprint density at radius 2 is 1.60 bits per heavy atom. The molecule has 3 aliphatic heterocycles. The van der Waals surface area contributed by atoms with E-state index in [1.807, 2.05) is 35.2 Å². The van der Waals surface area contributed by atoms with Gasteiger partial charge in [-0.3, -0.25) is 29.5 Å². The first-order valence-corrected chi connectivity index (χ1v) is 13.4. The molecule has 6 rings (SSSR count). The van der Waals surface area contributed by atoms with E-state index in [0.29, 0.717) is 42.5 Å². The fraction of sp³-hybridized carbons (Fsp3) is 0.367. The van der Waals surface area contributed by atoms with Crippen LogP contribution in [0.2, 0.25) is 0 Å². The Hall–Kier alpha value is -3.79. The zero-order valence-corrected chi connectivity index (χ0v) is 21.6. The molecule has 0 radical (unpaired) electrons. The van der Waals surface area contributed by atoms with Gasteiger partial charge in [0.15, 0.2) is 0 Å². The molecule has 0 spiro atoms. The molecule has 1 unspecified atom stereocenters. The molecule has 208 valence electrons. The zero-order chi connectivity index (χ0) is 28.2. The number of hydrogen-bond acceptors (Lipinski definition) is 4. The summed E-state index contributed by atoms with van der Waals surface area (Å²) in [6.07, 6.45) is -3.10. The summed E-state index contributed by atoms with van der Waals surface area (Å²) in [6, 6.07) is 13.2. The third kappa shape index (κ3) is 4.85. The van der Waals surface area contributed by atoms with Crippen molar-refractivity contribution in [2.75, 3.05) is 18.0 Å². The Labute approximate surface area is 227 Å². The van der Waals surface area contributed by atoms with Crippen molar-refractivity contribution < 1.29 is 31.9 Å². The third-order valence-corrected chi connectivity index (χ3v) is 8.25. The van der Waals surface area contributed by atoms with Gasteiger partial charge in [-0.2, -0.15) is 13.2 Å². The number of likely N-dealkylation sites (tertiary alicyclic amines) is 1. The number of amides is 3. The van der Waals surface area contributed by atoms with Gasteiger partial charge in [-0.25, -0.2) is 4.39 Å². The van der Waals surface area contributed by atoms with Crippen molar-refractivity contribution in [1.29, 1.82) is 0 Å². The third-order valence-electron chi connectivity index (χ3n) is 8.25. The number of imide groups is 1. The van der Waals surface area contributed by atoms with Crippen molar-refractivity contribution in [3.8, 4) is 0 Å². The minimum atomic E-state index is -4.13. The molecule has 3 heterocycles. The molecule has 3 aromatic carbocycles. The van der Waals surface area contributed by atoms with E-state index in [1.54, 1.807) is 6.07 Å². The average molecular weight is 554 g/mol. The van der Waals surface area contributed by atoms with Gasteiger partial charge in [0.2, 0.25) is 11.8 Å². The molecule has 2 saturated heterocycles. The molecule has 0 bridgehead atoms. The van der Waals surface area contributed by atoms with Gasteiger partial charge in [-0.05, 0) is 79.0 Å². The molecule has 3 aliphatic rings. The lowest BCUT2D eigenvalue weighted by Crippen LogP contribution is -2.53. The highest BCUT2D eigenvalue weighted by Gasteiger charge is 2.42. The first-order valence-electron chi connectivity index (χ1n) is 13.4. The molecular formula is C30H27F4N3O3. The first-order chi connectivity index (χ1) is 19.1. The van der Waals surface area contributed by atoms with Crippen LogP contribution in [0.15, 0.2) is 48.5 Å².